The van der Waals surface area contributed by atoms with Gasteiger partial charge in [-0.05, 0) is 62.8 Å². The number of hydrogen-bond acceptors (Lipinski definition) is 5. The highest BCUT2D eigenvalue weighted by Gasteiger charge is 2.07. The molecule has 5 nitrogen and oxygen atoms in total. The minimum absolute atomic E-state index is 0.407. The van der Waals surface area contributed by atoms with Gasteiger partial charge in [0.15, 0.2) is 0 Å². The van der Waals surface area contributed by atoms with Crippen LogP contribution in [0.2, 0.25) is 0 Å². The van der Waals surface area contributed by atoms with E-state index in [9.17, 15) is 0 Å². The van der Waals surface area contributed by atoms with Crippen molar-refractivity contribution in [3.8, 4) is 6.07 Å². The molecule has 0 saturated heterocycles. The zero-order valence-corrected chi connectivity index (χ0v) is 12.7. The van der Waals surface area contributed by atoms with E-state index in [4.69, 9.17) is 11.0 Å². The summed E-state index contributed by atoms with van der Waals surface area (Å²) in [5.41, 5.74) is 7.14. The van der Waals surface area contributed by atoms with Gasteiger partial charge < -0.3 is 11.1 Å². The third-order valence-electron chi connectivity index (χ3n) is 2.11. The van der Waals surface area contributed by atoms with E-state index in [1.54, 1.807) is 24.3 Å². The zero-order chi connectivity index (χ0) is 13.1. The molecule has 2 aromatic rings. The molecule has 90 valence electrons. The molecule has 0 spiro atoms. The molecule has 0 aliphatic rings. The largest absolute Gasteiger partial charge is 0.383 e. The number of nitrogens with zero attached hydrogens (tertiary/aromatic N) is 3. The smallest absolute Gasteiger partial charge is 0.230 e. The van der Waals surface area contributed by atoms with Crippen molar-refractivity contribution in [1.82, 2.24) is 9.97 Å². The molecule has 1 aromatic carbocycles. The lowest BCUT2D eigenvalue weighted by Gasteiger charge is -2.07. The number of rotatable bonds is 2. The first kappa shape index (κ1) is 13.0. The third kappa shape index (κ3) is 2.88. The third-order valence-corrected chi connectivity index (χ3v) is 4.49. The van der Waals surface area contributed by atoms with Crippen LogP contribution in [0.5, 0.6) is 0 Å². The van der Waals surface area contributed by atoms with E-state index in [-0.39, 0.29) is 0 Å². The number of nitrogens with two attached hydrogens (primary N) is 1. The first-order chi connectivity index (χ1) is 8.60. The molecule has 0 saturated carbocycles. The van der Waals surface area contributed by atoms with E-state index in [0.717, 1.165) is 9.26 Å². The standard InChI is InChI=1S/C11H7BrIN5/c12-9-8(13)10(15)18-11(17-9)16-7-3-1-6(5-14)2-4-7/h1-4H,(H3,15,16,17,18). The maximum Gasteiger partial charge on any atom is 0.230 e. The van der Waals surface area contributed by atoms with Gasteiger partial charge in [-0.3, -0.25) is 0 Å². The average molecular weight is 416 g/mol. The van der Waals surface area contributed by atoms with Crippen LogP contribution in [0.4, 0.5) is 17.5 Å². The highest BCUT2D eigenvalue weighted by molar-refractivity contribution is 14.1. The Hall–Kier alpha value is -1.40. The van der Waals surface area contributed by atoms with Crippen LogP contribution in [-0.2, 0) is 0 Å². The lowest BCUT2D eigenvalue weighted by Crippen LogP contribution is -2.03. The van der Waals surface area contributed by atoms with Crippen LogP contribution in [0.15, 0.2) is 28.9 Å². The van der Waals surface area contributed by atoms with Crippen molar-refractivity contribution >= 4 is 56.0 Å². The molecule has 0 aliphatic carbocycles. The van der Waals surface area contributed by atoms with Crippen LogP contribution in [0.1, 0.15) is 5.56 Å². The quantitative estimate of drug-likeness (QED) is 0.581. The molecule has 7 heteroatoms. The number of benzene rings is 1. The number of nitrogen functional groups attached to an aromatic ring is 1. The highest BCUT2D eigenvalue weighted by Crippen LogP contribution is 2.24. The molecule has 0 amide bonds. The molecule has 0 unspecified atom stereocenters. The molecule has 0 aliphatic heterocycles. The Labute approximate surface area is 126 Å². The fraction of sp³-hybridized carbons (Fsp3) is 0. The number of nitrogens with one attached hydrogen (secondary N) is 1. The predicted molar refractivity (Wildman–Crippen MR) is 81.3 cm³/mol. The minimum atomic E-state index is 0.407. The summed E-state index contributed by atoms with van der Waals surface area (Å²) in [5.74, 6) is 0.818. The molecule has 1 heterocycles. The molecule has 1 aromatic heterocycles. The number of halogens is 2. The van der Waals surface area contributed by atoms with Crippen molar-refractivity contribution < 1.29 is 0 Å². The van der Waals surface area contributed by atoms with Crippen molar-refractivity contribution in [2.75, 3.05) is 11.1 Å². The van der Waals surface area contributed by atoms with E-state index < -0.39 is 0 Å². The Bertz CT molecular complexity index is 597. The Morgan fingerprint density at radius 2 is 1.94 bits per heavy atom. The average Bonchev–Trinajstić information content (AvgIpc) is 2.37. The van der Waals surface area contributed by atoms with Gasteiger partial charge in [-0.25, -0.2) is 4.98 Å². The van der Waals surface area contributed by atoms with E-state index >= 15 is 0 Å². The van der Waals surface area contributed by atoms with Crippen LogP contribution in [0.3, 0.4) is 0 Å². The van der Waals surface area contributed by atoms with Gasteiger partial charge in [0.1, 0.15) is 10.4 Å². The SMILES string of the molecule is N#Cc1ccc(Nc2nc(N)c(I)c(Br)n2)cc1. The predicted octanol–water partition coefficient (Wildman–Crippen LogP) is 3.04. The second-order valence-electron chi connectivity index (χ2n) is 3.35. The Balaban J connectivity index is 2.26. The van der Waals surface area contributed by atoms with Crippen LogP contribution in [-0.4, -0.2) is 9.97 Å². The molecule has 0 bridgehead atoms. The van der Waals surface area contributed by atoms with Crippen molar-refractivity contribution in [3.63, 3.8) is 0 Å². The first-order valence-corrected chi connectivity index (χ1v) is 6.73. The van der Waals surface area contributed by atoms with Crippen molar-refractivity contribution in [2.45, 2.75) is 0 Å². The van der Waals surface area contributed by atoms with Crippen molar-refractivity contribution in [3.05, 3.63) is 38.0 Å². The number of nitriles is 1. The van der Waals surface area contributed by atoms with Crippen LogP contribution >= 0.6 is 38.5 Å². The summed E-state index contributed by atoms with van der Waals surface area (Å²) in [7, 11) is 0. The first-order valence-electron chi connectivity index (χ1n) is 4.86. The van der Waals surface area contributed by atoms with Gasteiger partial charge in [-0.1, -0.05) is 0 Å². The minimum Gasteiger partial charge on any atom is -0.383 e. The van der Waals surface area contributed by atoms with Crippen molar-refractivity contribution in [2.24, 2.45) is 0 Å². The summed E-state index contributed by atoms with van der Waals surface area (Å²) in [5, 5.41) is 11.7. The summed E-state index contributed by atoms with van der Waals surface area (Å²) >= 11 is 5.38. The summed E-state index contributed by atoms with van der Waals surface area (Å²) < 4.78 is 1.42. The number of hydrogen-bond donors (Lipinski definition) is 2. The number of anilines is 3. The maximum atomic E-state index is 8.70. The van der Waals surface area contributed by atoms with Gasteiger partial charge in [0, 0.05) is 5.69 Å². The summed E-state index contributed by atoms with van der Waals surface area (Å²) in [6.45, 7) is 0. The van der Waals surface area contributed by atoms with E-state index in [0.29, 0.717) is 21.9 Å². The highest BCUT2D eigenvalue weighted by atomic mass is 127. The fourth-order valence-corrected chi connectivity index (χ4v) is 1.86. The molecule has 0 atom stereocenters. The van der Waals surface area contributed by atoms with Gasteiger partial charge in [0.2, 0.25) is 5.95 Å². The van der Waals surface area contributed by atoms with E-state index in [2.05, 4.69) is 59.9 Å². The maximum absolute atomic E-state index is 8.70. The Kier molecular flexibility index (Phi) is 3.98. The molecule has 0 fully saturated rings. The monoisotopic (exact) mass is 415 g/mol. The fourth-order valence-electron chi connectivity index (χ4n) is 1.25. The molecule has 2 rings (SSSR count). The van der Waals surface area contributed by atoms with E-state index in [1.165, 1.54) is 0 Å². The number of aromatic nitrogens is 2. The van der Waals surface area contributed by atoms with Crippen molar-refractivity contribution in [1.29, 1.82) is 5.26 Å². The van der Waals surface area contributed by atoms with Gasteiger partial charge in [0.05, 0.1) is 15.2 Å². The normalized spacial score (nSPS) is 9.83. The van der Waals surface area contributed by atoms with Gasteiger partial charge in [0.25, 0.3) is 0 Å². The molecule has 3 N–H and O–H groups in total. The lowest BCUT2D eigenvalue weighted by molar-refractivity contribution is 1.13. The lowest BCUT2D eigenvalue weighted by atomic mass is 10.2. The Morgan fingerprint density at radius 1 is 1.28 bits per heavy atom. The van der Waals surface area contributed by atoms with Crippen LogP contribution < -0.4 is 11.1 Å². The molecule has 18 heavy (non-hydrogen) atoms. The molecule has 0 radical (unpaired) electrons. The summed E-state index contributed by atoms with van der Waals surface area (Å²) in [4.78, 5) is 8.34. The van der Waals surface area contributed by atoms with E-state index in [1.807, 2.05) is 0 Å². The second kappa shape index (κ2) is 5.49. The Morgan fingerprint density at radius 3 is 2.50 bits per heavy atom. The zero-order valence-electron chi connectivity index (χ0n) is 8.98. The van der Waals surface area contributed by atoms with Gasteiger partial charge >= 0.3 is 0 Å². The molecular formula is C11H7BrIN5. The summed E-state index contributed by atoms with van der Waals surface area (Å²) in [6.07, 6.45) is 0. The second-order valence-corrected chi connectivity index (χ2v) is 5.18. The topological polar surface area (TPSA) is 87.6 Å². The summed E-state index contributed by atoms with van der Waals surface area (Å²) in [6, 6.07) is 9.05. The van der Waals surface area contributed by atoms with Gasteiger partial charge in [-0.15, -0.1) is 0 Å². The molecular weight excluding hydrogens is 409 g/mol. The van der Waals surface area contributed by atoms with Gasteiger partial charge in [-0.2, -0.15) is 10.2 Å². The van der Waals surface area contributed by atoms with Crippen LogP contribution in [0.25, 0.3) is 0 Å². The van der Waals surface area contributed by atoms with Crippen LogP contribution in [0, 0.1) is 14.9 Å².